The second-order valence-corrected chi connectivity index (χ2v) is 17.6. The highest BCUT2D eigenvalue weighted by atomic mass is 15.1. The first kappa shape index (κ1) is 39.4. The van der Waals surface area contributed by atoms with Crippen LogP contribution in [0.25, 0.3) is 104 Å². The molecule has 13 rings (SSSR count). The van der Waals surface area contributed by atoms with E-state index in [1.165, 1.54) is 76.4 Å². The summed E-state index contributed by atoms with van der Waals surface area (Å²) >= 11 is 0. The molecule has 0 radical (unpaired) electrons. The van der Waals surface area contributed by atoms with Crippen molar-refractivity contribution in [3.8, 4) is 50.2 Å². The van der Waals surface area contributed by atoms with E-state index in [0.717, 1.165) is 45.0 Å². The molecule has 0 spiro atoms. The van der Waals surface area contributed by atoms with Crippen molar-refractivity contribution in [3.05, 3.63) is 267 Å². The van der Waals surface area contributed by atoms with Gasteiger partial charge in [0.2, 0.25) is 0 Å². The van der Waals surface area contributed by atoms with E-state index in [1.54, 1.807) is 0 Å². The molecule has 0 unspecified atom stereocenters. The number of benzene rings is 12. The molecule has 0 atom stereocenters. The van der Waals surface area contributed by atoms with E-state index >= 15 is 0 Å². The molecule has 0 aliphatic heterocycles. The lowest BCUT2D eigenvalue weighted by Gasteiger charge is -2.29. The van der Waals surface area contributed by atoms with Crippen molar-refractivity contribution in [3.63, 3.8) is 0 Å². The van der Waals surface area contributed by atoms with Crippen molar-refractivity contribution in [2.45, 2.75) is 0 Å². The molecule has 0 N–H and O–H groups in total. The Balaban J connectivity index is 1.05. The van der Waals surface area contributed by atoms with Crippen molar-refractivity contribution in [2.75, 3.05) is 4.90 Å². The lowest BCUT2D eigenvalue weighted by molar-refractivity contribution is 1.19. The van der Waals surface area contributed by atoms with Crippen LogP contribution in [0.1, 0.15) is 0 Å². The predicted octanol–water partition coefficient (Wildman–Crippen LogP) is 18.4. The number of para-hydroxylation sites is 2. The lowest BCUT2D eigenvalue weighted by Crippen LogP contribution is -2.11. The van der Waals surface area contributed by atoms with Crippen LogP contribution in [-0.2, 0) is 0 Å². The molecule has 1 heterocycles. The lowest BCUT2D eigenvalue weighted by atomic mass is 9.91. The van der Waals surface area contributed by atoms with Crippen LogP contribution >= 0.6 is 0 Å². The monoisotopic (exact) mass is 864 g/mol. The van der Waals surface area contributed by atoms with Crippen molar-refractivity contribution >= 4 is 71.2 Å². The molecule has 0 saturated carbocycles. The molecule has 2 nitrogen and oxygen atoms in total. The van der Waals surface area contributed by atoms with Crippen LogP contribution in [0.4, 0.5) is 17.1 Å². The van der Waals surface area contributed by atoms with Crippen LogP contribution in [0.3, 0.4) is 0 Å². The van der Waals surface area contributed by atoms with Gasteiger partial charge in [0.15, 0.2) is 0 Å². The Morgan fingerprint density at radius 2 is 0.809 bits per heavy atom. The number of hydrogen-bond acceptors (Lipinski definition) is 1. The molecule has 2 heteroatoms. The average molecular weight is 865 g/mol. The minimum absolute atomic E-state index is 1.07. The van der Waals surface area contributed by atoms with Crippen molar-refractivity contribution in [1.82, 2.24) is 4.57 Å². The van der Waals surface area contributed by atoms with E-state index in [1.807, 2.05) is 0 Å². The third kappa shape index (κ3) is 6.57. The first-order valence-corrected chi connectivity index (χ1v) is 23.4. The van der Waals surface area contributed by atoms with Crippen LogP contribution in [0.15, 0.2) is 267 Å². The van der Waals surface area contributed by atoms with Crippen LogP contribution in [0.5, 0.6) is 0 Å². The Labute approximate surface area is 395 Å². The van der Waals surface area contributed by atoms with Crippen molar-refractivity contribution in [2.24, 2.45) is 0 Å². The summed E-state index contributed by atoms with van der Waals surface area (Å²) in [7, 11) is 0. The van der Waals surface area contributed by atoms with Crippen LogP contribution < -0.4 is 4.90 Å². The van der Waals surface area contributed by atoms with Gasteiger partial charge in [-0.1, -0.05) is 224 Å². The fourth-order valence-corrected chi connectivity index (χ4v) is 10.7. The Hall–Kier alpha value is -8.98. The summed E-state index contributed by atoms with van der Waals surface area (Å²) in [5.74, 6) is 0. The first-order chi connectivity index (χ1) is 33.8. The first-order valence-electron chi connectivity index (χ1n) is 23.4. The number of fused-ring (bicyclic) bond motifs is 7. The molecular formula is C66H44N2. The molecule has 0 aliphatic rings. The molecular weight excluding hydrogens is 821 g/mol. The Morgan fingerprint density at radius 3 is 1.60 bits per heavy atom. The molecule has 0 amide bonds. The second kappa shape index (κ2) is 16.5. The number of hydrogen-bond donors (Lipinski definition) is 0. The summed E-state index contributed by atoms with van der Waals surface area (Å²) in [5.41, 5.74) is 16.3. The molecule has 0 saturated heterocycles. The van der Waals surface area contributed by atoms with Gasteiger partial charge >= 0.3 is 0 Å². The van der Waals surface area contributed by atoms with E-state index in [2.05, 4.69) is 276 Å². The van der Waals surface area contributed by atoms with Gasteiger partial charge in [-0.05, 0) is 103 Å². The van der Waals surface area contributed by atoms with Gasteiger partial charge in [-0.15, -0.1) is 0 Å². The minimum atomic E-state index is 1.07. The maximum atomic E-state index is 2.50. The van der Waals surface area contributed by atoms with Crippen molar-refractivity contribution < 1.29 is 0 Å². The summed E-state index contributed by atoms with van der Waals surface area (Å²) in [5, 5.41) is 9.83. The average Bonchev–Trinajstić information content (AvgIpc) is 3.76. The summed E-state index contributed by atoms with van der Waals surface area (Å²) < 4.78 is 2.50. The van der Waals surface area contributed by atoms with Gasteiger partial charge in [0, 0.05) is 38.5 Å². The third-order valence-electron chi connectivity index (χ3n) is 13.8. The topological polar surface area (TPSA) is 8.17 Å². The third-order valence-corrected chi connectivity index (χ3v) is 13.8. The quantitative estimate of drug-likeness (QED) is 0.148. The smallest absolute Gasteiger partial charge is 0.0619 e. The van der Waals surface area contributed by atoms with E-state index in [-0.39, 0.29) is 0 Å². The summed E-state index contributed by atoms with van der Waals surface area (Å²) in [4.78, 5) is 2.45. The molecule has 0 aliphatic carbocycles. The zero-order valence-corrected chi connectivity index (χ0v) is 37.3. The van der Waals surface area contributed by atoms with E-state index in [0.29, 0.717) is 0 Å². The zero-order valence-electron chi connectivity index (χ0n) is 37.3. The largest absolute Gasteiger partial charge is 0.310 e. The fraction of sp³-hybridized carbons (Fsp3) is 0. The van der Waals surface area contributed by atoms with Gasteiger partial charge < -0.3 is 9.47 Å². The summed E-state index contributed by atoms with van der Waals surface area (Å²) in [6.45, 7) is 0. The van der Waals surface area contributed by atoms with E-state index in [9.17, 15) is 0 Å². The van der Waals surface area contributed by atoms with Crippen LogP contribution in [0, 0.1) is 0 Å². The highest BCUT2D eigenvalue weighted by molar-refractivity contribution is 6.19. The standard InChI is InChI=1S/C66H44N2/c1-3-18-45(19-4-1)46-34-37-50(38-35-46)67(65-43-42-56(55-27-11-12-28-58(55)65)54-31-17-24-47-22-7-9-25-52(47)54)51-39-41-57(62(44-51)48-20-5-2-6-21-48)59-29-13-15-32-63(59)68-64-33-16-14-30-60(64)61-40-36-49-23-8-10-26-53(49)66(61)68/h1-44H. The SMILES string of the molecule is c1ccc(-c2ccc(N(c3ccc(-c4ccccc4-n4c5ccccc5c5ccc6ccccc6c54)c(-c4ccccc4)c3)c3ccc(-c4cccc5ccccc45)c4ccccc34)cc2)cc1. The van der Waals surface area contributed by atoms with Gasteiger partial charge in [-0.2, -0.15) is 0 Å². The predicted molar refractivity (Wildman–Crippen MR) is 290 cm³/mol. The van der Waals surface area contributed by atoms with Gasteiger partial charge in [0.05, 0.1) is 22.4 Å². The van der Waals surface area contributed by atoms with Gasteiger partial charge in [-0.3, -0.25) is 0 Å². The number of anilines is 3. The molecule has 13 aromatic rings. The van der Waals surface area contributed by atoms with E-state index in [4.69, 9.17) is 0 Å². The Kier molecular flexibility index (Phi) is 9.54. The van der Waals surface area contributed by atoms with Gasteiger partial charge in [0.25, 0.3) is 0 Å². The maximum Gasteiger partial charge on any atom is 0.0619 e. The van der Waals surface area contributed by atoms with Gasteiger partial charge in [-0.25, -0.2) is 0 Å². The second-order valence-electron chi connectivity index (χ2n) is 17.6. The molecule has 1 aromatic heterocycles. The normalized spacial score (nSPS) is 11.5. The van der Waals surface area contributed by atoms with Gasteiger partial charge in [0.1, 0.15) is 0 Å². The number of nitrogens with zero attached hydrogens (tertiary/aromatic N) is 2. The molecule has 0 fully saturated rings. The molecule has 318 valence electrons. The van der Waals surface area contributed by atoms with Crippen LogP contribution in [0.2, 0.25) is 0 Å². The minimum Gasteiger partial charge on any atom is -0.310 e. The number of rotatable bonds is 8. The molecule has 12 aromatic carbocycles. The zero-order chi connectivity index (χ0) is 45.0. The van der Waals surface area contributed by atoms with Crippen molar-refractivity contribution in [1.29, 1.82) is 0 Å². The summed E-state index contributed by atoms with van der Waals surface area (Å²) in [6.07, 6.45) is 0. The Bertz CT molecular complexity index is 4010. The van der Waals surface area contributed by atoms with Crippen LogP contribution in [-0.4, -0.2) is 4.57 Å². The highest BCUT2D eigenvalue weighted by Gasteiger charge is 2.23. The number of aromatic nitrogens is 1. The Morgan fingerprint density at radius 1 is 0.265 bits per heavy atom. The maximum absolute atomic E-state index is 2.50. The van der Waals surface area contributed by atoms with E-state index < -0.39 is 0 Å². The summed E-state index contributed by atoms with van der Waals surface area (Å²) in [6, 6.07) is 97.6. The highest BCUT2D eigenvalue weighted by Crippen LogP contribution is 2.47. The molecule has 0 bridgehead atoms. The fourth-order valence-electron chi connectivity index (χ4n) is 10.7. The molecule has 68 heavy (non-hydrogen) atoms.